The smallest absolute Gasteiger partial charge is 0.399 e. The van der Waals surface area contributed by atoms with Crippen LogP contribution < -0.4 is 5.46 Å². The number of β-amino-alcohol motifs (C(OH)–C–C–N with tert-alkyl or cyclic N) is 1. The molecule has 2 aliphatic rings. The fourth-order valence-corrected chi connectivity index (χ4v) is 4.19. The Morgan fingerprint density at radius 3 is 2.48 bits per heavy atom. The maximum absolute atomic E-state index is 9.11. The zero-order chi connectivity index (χ0) is 18.1. The lowest BCUT2D eigenvalue weighted by atomic mass is 9.81. The first kappa shape index (κ1) is 19.1. The van der Waals surface area contributed by atoms with Crippen molar-refractivity contribution in [3.8, 4) is 0 Å². The number of likely N-dealkylation sites (tertiary alicyclic amines) is 1. The first-order valence-corrected chi connectivity index (χ1v) is 9.86. The quantitative estimate of drug-likeness (QED) is 0.624. The van der Waals surface area contributed by atoms with E-state index in [2.05, 4.69) is 14.9 Å². The molecule has 6 nitrogen and oxygen atoms in total. The van der Waals surface area contributed by atoms with Crippen molar-refractivity contribution in [3.05, 3.63) is 12.4 Å². The fourth-order valence-electron chi connectivity index (χ4n) is 3.09. The van der Waals surface area contributed by atoms with E-state index in [0.29, 0.717) is 5.25 Å². The van der Waals surface area contributed by atoms with Gasteiger partial charge in [0.05, 0.1) is 17.8 Å². The zero-order valence-electron chi connectivity index (χ0n) is 15.6. The van der Waals surface area contributed by atoms with Gasteiger partial charge in [-0.15, -0.1) is 0 Å². The van der Waals surface area contributed by atoms with E-state index >= 15 is 0 Å². The van der Waals surface area contributed by atoms with Gasteiger partial charge in [0.2, 0.25) is 0 Å². The number of hydrogen-bond donors (Lipinski definition) is 1. The molecule has 8 heteroatoms. The molecule has 3 heterocycles. The molecule has 0 aliphatic carbocycles. The molecule has 2 saturated heterocycles. The molecule has 2 fully saturated rings. The third kappa shape index (κ3) is 4.36. The number of rotatable bonds is 5. The molecule has 1 aromatic heterocycles. The van der Waals surface area contributed by atoms with Gasteiger partial charge in [-0.2, -0.15) is 0 Å². The van der Waals surface area contributed by atoms with Gasteiger partial charge in [-0.1, -0.05) is 11.8 Å². The summed E-state index contributed by atoms with van der Waals surface area (Å²) in [5.74, 6) is 0. The highest BCUT2D eigenvalue weighted by molar-refractivity contribution is 7.99. The molecular weight excluding hydrogens is 337 g/mol. The second-order valence-corrected chi connectivity index (χ2v) is 9.06. The van der Waals surface area contributed by atoms with Gasteiger partial charge in [-0.3, -0.25) is 4.90 Å². The van der Waals surface area contributed by atoms with Crippen molar-refractivity contribution < 1.29 is 14.4 Å². The molecule has 0 bridgehead atoms. The Morgan fingerprint density at radius 1 is 1.24 bits per heavy atom. The van der Waals surface area contributed by atoms with Crippen LogP contribution in [0.1, 0.15) is 40.5 Å². The molecule has 1 N–H and O–H groups in total. The molecule has 1 aromatic rings. The van der Waals surface area contributed by atoms with E-state index in [1.165, 1.54) is 0 Å². The van der Waals surface area contributed by atoms with E-state index in [4.69, 9.17) is 14.4 Å². The predicted molar refractivity (Wildman–Crippen MR) is 100 cm³/mol. The minimum atomic E-state index is -0.418. The largest absolute Gasteiger partial charge is 0.498 e. The molecular formula is C17H28BN3O3S. The highest BCUT2D eigenvalue weighted by atomic mass is 32.2. The van der Waals surface area contributed by atoms with Crippen molar-refractivity contribution in [2.24, 2.45) is 0 Å². The molecule has 2 aliphatic heterocycles. The molecule has 0 saturated carbocycles. The average molecular weight is 365 g/mol. The Hall–Kier alpha value is -0.665. The first-order valence-electron chi connectivity index (χ1n) is 8.98. The highest BCUT2D eigenvalue weighted by Gasteiger charge is 2.51. The summed E-state index contributed by atoms with van der Waals surface area (Å²) in [4.78, 5) is 11.3. The summed E-state index contributed by atoms with van der Waals surface area (Å²) in [6.07, 6.45) is 5.94. The number of piperidine rings is 1. The molecule has 138 valence electrons. The lowest BCUT2D eigenvalue weighted by Crippen LogP contribution is -2.41. The van der Waals surface area contributed by atoms with Crippen LogP contribution in [-0.2, 0) is 9.31 Å². The minimum absolute atomic E-state index is 0.219. The Balaban J connectivity index is 1.60. The van der Waals surface area contributed by atoms with E-state index < -0.39 is 7.12 Å². The van der Waals surface area contributed by atoms with Crippen LogP contribution in [0.3, 0.4) is 0 Å². The summed E-state index contributed by atoms with van der Waals surface area (Å²) < 4.78 is 12.1. The van der Waals surface area contributed by atoms with Crippen LogP contribution in [0.15, 0.2) is 17.6 Å². The van der Waals surface area contributed by atoms with E-state index in [1.807, 2.05) is 40.1 Å². The summed E-state index contributed by atoms with van der Waals surface area (Å²) in [6, 6.07) is 0. The third-order valence-corrected chi connectivity index (χ3v) is 6.46. The fraction of sp³-hybridized carbons (Fsp3) is 0.765. The molecule has 0 unspecified atom stereocenters. The van der Waals surface area contributed by atoms with Gasteiger partial charge in [0.15, 0.2) is 5.16 Å². The molecule has 1 atom stereocenters. The Morgan fingerprint density at radius 2 is 1.88 bits per heavy atom. The predicted octanol–water partition coefficient (Wildman–Crippen LogP) is 1.32. The second-order valence-electron chi connectivity index (χ2n) is 7.79. The average Bonchev–Trinajstić information content (AvgIpc) is 2.77. The molecule has 0 aromatic carbocycles. The lowest BCUT2D eigenvalue weighted by molar-refractivity contribution is 0.00578. The summed E-state index contributed by atoms with van der Waals surface area (Å²) in [5.41, 5.74) is 0.140. The SMILES string of the molecule is CC1(C)OB(c2cnc(S[C@@H]3CCCN(CCO)C3)nc2)OC1(C)C. The van der Waals surface area contributed by atoms with Crippen LogP contribution in [0.2, 0.25) is 0 Å². The van der Waals surface area contributed by atoms with E-state index in [0.717, 1.165) is 43.1 Å². The lowest BCUT2D eigenvalue weighted by Gasteiger charge is -2.32. The van der Waals surface area contributed by atoms with Gasteiger partial charge in [-0.25, -0.2) is 9.97 Å². The number of thioether (sulfide) groups is 1. The van der Waals surface area contributed by atoms with Crippen molar-refractivity contribution in [2.75, 3.05) is 26.2 Å². The van der Waals surface area contributed by atoms with Crippen molar-refractivity contribution in [1.82, 2.24) is 14.9 Å². The van der Waals surface area contributed by atoms with Crippen molar-refractivity contribution in [1.29, 1.82) is 0 Å². The second kappa shape index (κ2) is 7.52. The van der Waals surface area contributed by atoms with Gasteiger partial charge in [-0.05, 0) is 47.1 Å². The normalized spacial score (nSPS) is 26.1. The van der Waals surface area contributed by atoms with Crippen LogP contribution in [0.4, 0.5) is 0 Å². The minimum Gasteiger partial charge on any atom is -0.399 e. The van der Waals surface area contributed by atoms with Crippen molar-refractivity contribution in [2.45, 2.75) is 62.1 Å². The number of aliphatic hydroxyl groups is 1. The molecule has 0 radical (unpaired) electrons. The first-order chi connectivity index (χ1) is 11.8. The van der Waals surface area contributed by atoms with Crippen LogP contribution in [-0.4, -0.2) is 69.8 Å². The summed E-state index contributed by atoms with van der Waals surface area (Å²) >= 11 is 1.72. The van der Waals surface area contributed by atoms with Gasteiger partial charge in [0, 0.05) is 36.2 Å². The number of aliphatic hydroxyl groups excluding tert-OH is 1. The topological polar surface area (TPSA) is 67.7 Å². The summed E-state index contributed by atoms with van der Waals surface area (Å²) in [6.45, 7) is 11.2. The van der Waals surface area contributed by atoms with Gasteiger partial charge in [0.1, 0.15) is 0 Å². The van der Waals surface area contributed by atoms with E-state index in [1.54, 1.807) is 11.8 Å². The zero-order valence-corrected chi connectivity index (χ0v) is 16.4. The Kier molecular flexibility index (Phi) is 5.75. The Bertz CT molecular complexity index is 567. The Labute approximate surface area is 154 Å². The highest BCUT2D eigenvalue weighted by Crippen LogP contribution is 2.36. The van der Waals surface area contributed by atoms with Gasteiger partial charge >= 0.3 is 7.12 Å². The molecule has 0 spiro atoms. The third-order valence-electron chi connectivity index (χ3n) is 5.32. The summed E-state index contributed by atoms with van der Waals surface area (Å²) in [5, 5.41) is 10.4. The standard InChI is InChI=1S/C17H28BN3O3S/c1-16(2)17(3,4)24-18(23-16)13-10-19-15(20-11-13)25-14-6-5-7-21(12-14)8-9-22/h10-11,14,22H,5-9,12H2,1-4H3/t14-/m1/s1. The van der Waals surface area contributed by atoms with E-state index in [9.17, 15) is 0 Å². The number of nitrogens with zero attached hydrogens (tertiary/aromatic N) is 3. The molecule has 0 amide bonds. The maximum Gasteiger partial charge on any atom is 0.498 e. The van der Waals surface area contributed by atoms with Crippen LogP contribution in [0, 0.1) is 0 Å². The van der Waals surface area contributed by atoms with Gasteiger partial charge in [0.25, 0.3) is 0 Å². The van der Waals surface area contributed by atoms with Crippen LogP contribution >= 0.6 is 11.8 Å². The summed E-state index contributed by atoms with van der Waals surface area (Å²) in [7, 11) is -0.418. The maximum atomic E-state index is 9.11. The van der Waals surface area contributed by atoms with E-state index in [-0.39, 0.29) is 17.8 Å². The van der Waals surface area contributed by atoms with Crippen LogP contribution in [0.25, 0.3) is 0 Å². The number of aromatic nitrogens is 2. The van der Waals surface area contributed by atoms with Crippen LogP contribution in [0.5, 0.6) is 0 Å². The van der Waals surface area contributed by atoms with Crippen molar-refractivity contribution in [3.63, 3.8) is 0 Å². The van der Waals surface area contributed by atoms with Crippen molar-refractivity contribution >= 4 is 24.3 Å². The monoisotopic (exact) mass is 365 g/mol. The van der Waals surface area contributed by atoms with Gasteiger partial charge < -0.3 is 14.4 Å². The molecule has 25 heavy (non-hydrogen) atoms. The molecule has 3 rings (SSSR count). The number of hydrogen-bond acceptors (Lipinski definition) is 7.